The van der Waals surface area contributed by atoms with Crippen molar-refractivity contribution in [3.05, 3.63) is 35.4 Å². The molecule has 1 saturated heterocycles. The molecule has 2 aliphatic rings. The molecule has 0 saturated carbocycles. The Balaban J connectivity index is 1.86. The quantitative estimate of drug-likeness (QED) is 0.729. The normalized spacial score (nSPS) is 38.0. The van der Waals surface area contributed by atoms with E-state index in [0.29, 0.717) is 13.2 Å². The number of hydrogen-bond acceptors (Lipinski definition) is 5. The van der Waals surface area contributed by atoms with E-state index in [1.54, 1.807) is 6.92 Å². The first-order chi connectivity index (χ1) is 9.66. The lowest BCUT2D eigenvalue weighted by Crippen LogP contribution is -2.58. The molecule has 2 heterocycles. The van der Waals surface area contributed by atoms with Gasteiger partial charge in [0.1, 0.15) is 24.4 Å². The lowest BCUT2D eigenvalue weighted by atomic mass is 9.95. The zero-order valence-electron chi connectivity index (χ0n) is 11.4. The van der Waals surface area contributed by atoms with E-state index in [1.165, 1.54) is 0 Å². The summed E-state index contributed by atoms with van der Waals surface area (Å²) in [7, 11) is 0. The summed E-state index contributed by atoms with van der Waals surface area (Å²) in [6.45, 7) is 2.87. The van der Waals surface area contributed by atoms with Gasteiger partial charge in [-0.1, -0.05) is 24.3 Å². The number of benzene rings is 1. The van der Waals surface area contributed by atoms with E-state index in [9.17, 15) is 10.2 Å². The van der Waals surface area contributed by atoms with Gasteiger partial charge in [-0.3, -0.25) is 0 Å². The molecule has 2 bridgehead atoms. The number of fused-ring (bicyclic) bond motifs is 3. The second-order valence-corrected chi connectivity index (χ2v) is 5.42. The average Bonchev–Trinajstić information content (AvgIpc) is 2.45. The topological polar surface area (TPSA) is 68.2 Å². The fourth-order valence-electron chi connectivity index (χ4n) is 2.76. The van der Waals surface area contributed by atoms with E-state index in [-0.39, 0.29) is 12.7 Å². The first-order valence-electron chi connectivity index (χ1n) is 6.94. The number of ether oxygens (including phenoxy) is 3. The van der Waals surface area contributed by atoms with Crippen molar-refractivity contribution in [2.75, 3.05) is 6.61 Å². The van der Waals surface area contributed by atoms with Gasteiger partial charge in [-0.05, 0) is 18.1 Å². The van der Waals surface area contributed by atoms with Crippen molar-refractivity contribution in [3.8, 4) is 0 Å². The Labute approximate surface area is 118 Å². The Bertz CT molecular complexity index is 463. The van der Waals surface area contributed by atoms with Crippen molar-refractivity contribution in [2.24, 2.45) is 0 Å². The highest BCUT2D eigenvalue weighted by Gasteiger charge is 2.43. The maximum Gasteiger partial charge on any atom is 0.115 e. The molecule has 5 nitrogen and oxygen atoms in total. The fraction of sp³-hybridized carbons (Fsp3) is 0.600. The first-order valence-corrected chi connectivity index (χ1v) is 6.94. The second kappa shape index (κ2) is 5.79. The fourth-order valence-corrected chi connectivity index (χ4v) is 2.76. The predicted molar refractivity (Wildman–Crippen MR) is 71.0 cm³/mol. The van der Waals surface area contributed by atoms with Gasteiger partial charge in [-0.15, -0.1) is 0 Å². The monoisotopic (exact) mass is 280 g/mol. The summed E-state index contributed by atoms with van der Waals surface area (Å²) in [6, 6.07) is 7.86. The molecule has 2 unspecified atom stereocenters. The van der Waals surface area contributed by atoms with Crippen LogP contribution in [-0.4, -0.2) is 47.3 Å². The molecule has 0 aliphatic carbocycles. The van der Waals surface area contributed by atoms with E-state index < -0.39 is 24.4 Å². The number of rotatable bonds is 0. The van der Waals surface area contributed by atoms with Crippen molar-refractivity contribution in [1.82, 2.24) is 0 Å². The minimum Gasteiger partial charge on any atom is -0.388 e. The number of hydrogen-bond donors (Lipinski definition) is 2. The van der Waals surface area contributed by atoms with E-state index in [0.717, 1.165) is 11.1 Å². The van der Waals surface area contributed by atoms with Gasteiger partial charge >= 0.3 is 0 Å². The zero-order valence-corrected chi connectivity index (χ0v) is 11.4. The van der Waals surface area contributed by atoms with Gasteiger partial charge in [-0.25, -0.2) is 0 Å². The summed E-state index contributed by atoms with van der Waals surface area (Å²) in [5, 5.41) is 20.4. The largest absolute Gasteiger partial charge is 0.388 e. The third-order valence-corrected chi connectivity index (χ3v) is 4.01. The van der Waals surface area contributed by atoms with Crippen molar-refractivity contribution in [2.45, 2.75) is 50.7 Å². The van der Waals surface area contributed by atoms with Crippen LogP contribution in [0.1, 0.15) is 18.1 Å². The Morgan fingerprint density at radius 1 is 1.05 bits per heavy atom. The summed E-state index contributed by atoms with van der Waals surface area (Å²) in [5.74, 6) is 0. The standard InChI is InChI=1S/C15H20O5/c1-9-13(16)15-14(17)12(20-9)8-18-6-10-4-2-3-5-11(10)7-19-15/h2-5,9,12-17H,6-8H2,1H3/t9-,12?,13?,14-,15-/m0/s1. The summed E-state index contributed by atoms with van der Waals surface area (Å²) < 4.78 is 17.0. The molecule has 20 heavy (non-hydrogen) atoms. The smallest absolute Gasteiger partial charge is 0.115 e. The lowest BCUT2D eigenvalue weighted by Gasteiger charge is -2.42. The van der Waals surface area contributed by atoms with Crippen molar-refractivity contribution in [1.29, 1.82) is 0 Å². The molecule has 5 heteroatoms. The average molecular weight is 280 g/mol. The summed E-state index contributed by atoms with van der Waals surface area (Å²) in [6.07, 6.45) is -3.23. The number of aliphatic hydroxyl groups is 2. The highest BCUT2D eigenvalue weighted by molar-refractivity contribution is 5.26. The van der Waals surface area contributed by atoms with Gasteiger partial charge in [0.2, 0.25) is 0 Å². The van der Waals surface area contributed by atoms with Gasteiger partial charge < -0.3 is 24.4 Å². The summed E-state index contributed by atoms with van der Waals surface area (Å²) in [4.78, 5) is 0. The van der Waals surface area contributed by atoms with Crippen LogP contribution >= 0.6 is 0 Å². The Kier molecular flexibility index (Phi) is 4.05. The van der Waals surface area contributed by atoms with Crippen LogP contribution in [0.5, 0.6) is 0 Å². The van der Waals surface area contributed by atoms with Crippen LogP contribution in [0.3, 0.4) is 0 Å². The molecule has 0 radical (unpaired) electrons. The molecule has 1 fully saturated rings. The molecular formula is C15H20O5. The van der Waals surface area contributed by atoms with Crippen LogP contribution in [0.4, 0.5) is 0 Å². The van der Waals surface area contributed by atoms with Crippen LogP contribution in [0.15, 0.2) is 24.3 Å². The number of aliphatic hydroxyl groups excluding tert-OH is 2. The molecule has 110 valence electrons. The first kappa shape index (κ1) is 14.0. The third kappa shape index (κ3) is 2.60. The zero-order chi connectivity index (χ0) is 14.1. The van der Waals surface area contributed by atoms with Gasteiger partial charge in [0.15, 0.2) is 0 Å². The van der Waals surface area contributed by atoms with Crippen molar-refractivity contribution in [3.63, 3.8) is 0 Å². The highest BCUT2D eigenvalue weighted by atomic mass is 16.6. The molecule has 2 aliphatic heterocycles. The molecule has 0 aromatic heterocycles. The second-order valence-electron chi connectivity index (χ2n) is 5.42. The van der Waals surface area contributed by atoms with Crippen LogP contribution < -0.4 is 0 Å². The minimum atomic E-state index is -0.883. The third-order valence-electron chi connectivity index (χ3n) is 4.01. The van der Waals surface area contributed by atoms with Crippen LogP contribution in [-0.2, 0) is 27.4 Å². The Hall–Kier alpha value is -0.980. The molecule has 5 atom stereocenters. The minimum absolute atomic E-state index is 0.284. The highest BCUT2D eigenvalue weighted by Crippen LogP contribution is 2.26. The van der Waals surface area contributed by atoms with Gasteiger partial charge in [-0.2, -0.15) is 0 Å². The SMILES string of the molecule is C[C@@H]1OC2COCc3ccccc3CO[C@@H](C1O)[C@H]2O. The van der Waals surface area contributed by atoms with E-state index >= 15 is 0 Å². The molecule has 3 rings (SSSR count). The lowest BCUT2D eigenvalue weighted by molar-refractivity contribution is -0.244. The van der Waals surface area contributed by atoms with Gasteiger partial charge in [0.25, 0.3) is 0 Å². The summed E-state index contributed by atoms with van der Waals surface area (Å²) in [5.41, 5.74) is 2.08. The van der Waals surface area contributed by atoms with Crippen LogP contribution in [0.25, 0.3) is 0 Å². The van der Waals surface area contributed by atoms with Crippen molar-refractivity contribution >= 4 is 0 Å². The summed E-state index contributed by atoms with van der Waals surface area (Å²) >= 11 is 0. The molecule has 1 aromatic carbocycles. The maximum absolute atomic E-state index is 10.3. The van der Waals surface area contributed by atoms with E-state index in [2.05, 4.69) is 0 Å². The Morgan fingerprint density at radius 2 is 1.75 bits per heavy atom. The molecule has 0 spiro atoms. The molecule has 2 N–H and O–H groups in total. The van der Waals surface area contributed by atoms with Crippen molar-refractivity contribution < 1.29 is 24.4 Å². The predicted octanol–water partition coefficient (Wildman–Crippen LogP) is 0.611. The van der Waals surface area contributed by atoms with Crippen LogP contribution in [0.2, 0.25) is 0 Å². The maximum atomic E-state index is 10.3. The van der Waals surface area contributed by atoms with Gasteiger partial charge in [0.05, 0.1) is 25.9 Å². The Morgan fingerprint density at radius 3 is 2.50 bits per heavy atom. The molecule has 1 aromatic rings. The van der Waals surface area contributed by atoms with E-state index in [1.807, 2.05) is 24.3 Å². The van der Waals surface area contributed by atoms with Gasteiger partial charge in [0, 0.05) is 0 Å². The molecule has 0 amide bonds. The molecular weight excluding hydrogens is 260 g/mol. The van der Waals surface area contributed by atoms with E-state index in [4.69, 9.17) is 14.2 Å². The van der Waals surface area contributed by atoms with Crippen LogP contribution in [0, 0.1) is 0 Å².